The summed E-state index contributed by atoms with van der Waals surface area (Å²) in [6.45, 7) is 2.93. The third-order valence-electron chi connectivity index (χ3n) is 6.04. The molecule has 7 heteroatoms. The molecule has 1 aromatic carbocycles. The number of carbonyl (C=O) groups excluding carboxylic acids is 3. The molecule has 1 aromatic heterocycles. The molecule has 0 radical (unpaired) electrons. The van der Waals surface area contributed by atoms with E-state index in [0.717, 1.165) is 36.2 Å². The number of imide groups is 1. The third kappa shape index (κ3) is 2.82. The van der Waals surface area contributed by atoms with Gasteiger partial charge in [0.15, 0.2) is 0 Å². The van der Waals surface area contributed by atoms with Crippen LogP contribution in [0.3, 0.4) is 0 Å². The van der Waals surface area contributed by atoms with Gasteiger partial charge in [0.2, 0.25) is 11.8 Å². The van der Waals surface area contributed by atoms with Crippen LogP contribution >= 0.6 is 0 Å². The topological polar surface area (TPSA) is 85.5 Å². The molecule has 28 heavy (non-hydrogen) atoms. The second-order valence-electron chi connectivity index (χ2n) is 7.79. The molecule has 3 aliphatic rings. The SMILES string of the molecule is O=C1CCC(N2Cc3cccc(CN4CCc5cc[nH]c5C4)c3C2=O)C(=O)N1. The van der Waals surface area contributed by atoms with E-state index >= 15 is 0 Å². The summed E-state index contributed by atoms with van der Waals surface area (Å²) >= 11 is 0. The Hall–Kier alpha value is -2.93. The van der Waals surface area contributed by atoms with Gasteiger partial charge in [-0.05, 0) is 35.6 Å². The number of amides is 3. The van der Waals surface area contributed by atoms with Crippen LogP contribution in [0.5, 0.6) is 0 Å². The lowest BCUT2D eigenvalue weighted by molar-refractivity contribution is -0.136. The maximum absolute atomic E-state index is 13.2. The second-order valence-corrected chi connectivity index (χ2v) is 7.79. The Morgan fingerprint density at radius 1 is 1.04 bits per heavy atom. The van der Waals surface area contributed by atoms with Gasteiger partial charge in [-0.15, -0.1) is 0 Å². The first kappa shape index (κ1) is 17.2. The third-order valence-corrected chi connectivity index (χ3v) is 6.04. The van der Waals surface area contributed by atoms with Gasteiger partial charge in [-0.3, -0.25) is 24.6 Å². The summed E-state index contributed by atoms with van der Waals surface area (Å²) in [5.74, 6) is -0.730. The monoisotopic (exact) mass is 378 g/mol. The summed E-state index contributed by atoms with van der Waals surface area (Å²) < 4.78 is 0. The molecule has 1 atom stereocenters. The lowest BCUT2D eigenvalue weighted by Crippen LogP contribution is -2.52. The van der Waals surface area contributed by atoms with Crippen LogP contribution in [0.15, 0.2) is 30.5 Å². The van der Waals surface area contributed by atoms with Crippen LogP contribution in [0.1, 0.15) is 45.6 Å². The van der Waals surface area contributed by atoms with Gasteiger partial charge in [-0.1, -0.05) is 18.2 Å². The number of piperidine rings is 1. The normalized spacial score (nSPS) is 22.2. The van der Waals surface area contributed by atoms with E-state index < -0.39 is 6.04 Å². The van der Waals surface area contributed by atoms with Crippen molar-refractivity contribution in [1.29, 1.82) is 0 Å². The molecule has 1 saturated heterocycles. The van der Waals surface area contributed by atoms with Gasteiger partial charge in [-0.25, -0.2) is 0 Å². The molecule has 1 fully saturated rings. The van der Waals surface area contributed by atoms with Crippen molar-refractivity contribution in [2.45, 2.75) is 44.9 Å². The summed E-state index contributed by atoms with van der Waals surface area (Å²) in [4.78, 5) is 44.1. The fraction of sp³-hybridized carbons (Fsp3) is 0.381. The number of rotatable bonds is 3. The van der Waals surface area contributed by atoms with Crippen molar-refractivity contribution < 1.29 is 14.4 Å². The summed E-state index contributed by atoms with van der Waals surface area (Å²) in [5, 5.41) is 2.36. The molecule has 0 saturated carbocycles. The molecular formula is C21H22N4O3. The molecule has 2 N–H and O–H groups in total. The van der Waals surface area contributed by atoms with E-state index in [4.69, 9.17) is 0 Å². The highest BCUT2D eigenvalue weighted by atomic mass is 16.2. The average Bonchev–Trinajstić information content (AvgIpc) is 3.27. The molecule has 4 heterocycles. The Morgan fingerprint density at radius 3 is 2.79 bits per heavy atom. The van der Waals surface area contributed by atoms with Crippen molar-refractivity contribution in [1.82, 2.24) is 20.1 Å². The number of aromatic amines is 1. The first-order valence-corrected chi connectivity index (χ1v) is 9.73. The molecule has 2 aromatic rings. The highest BCUT2D eigenvalue weighted by Gasteiger charge is 2.40. The molecular weight excluding hydrogens is 356 g/mol. The van der Waals surface area contributed by atoms with E-state index in [0.29, 0.717) is 19.5 Å². The lowest BCUT2D eigenvalue weighted by Gasteiger charge is -2.29. The zero-order valence-corrected chi connectivity index (χ0v) is 15.5. The summed E-state index contributed by atoms with van der Waals surface area (Å²) in [5.41, 5.74) is 5.31. The molecule has 0 bridgehead atoms. The van der Waals surface area contributed by atoms with Crippen LogP contribution in [-0.4, -0.2) is 45.1 Å². The maximum atomic E-state index is 13.2. The van der Waals surface area contributed by atoms with E-state index in [1.807, 2.05) is 24.4 Å². The highest BCUT2D eigenvalue weighted by Crippen LogP contribution is 2.31. The smallest absolute Gasteiger partial charge is 0.255 e. The zero-order chi connectivity index (χ0) is 19.3. The minimum Gasteiger partial charge on any atom is -0.364 e. The number of H-pyrrole nitrogens is 1. The molecule has 3 aliphatic heterocycles. The van der Waals surface area contributed by atoms with Crippen molar-refractivity contribution in [3.63, 3.8) is 0 Å². The average molecular weight is 378 g/mol. The Kier molecular flexibility index (Phi) is 4.05. The summed E-state index contributed by atoms with van der Waals surface area (Å²) in [7, 11) is 0. The van der Waals surface area contributed by atoms with Gasteiger partial charge in [0, 0.05) is 50.1 Å². The summed E-state index contributed by atoms with van der Waals surface area (Å²) in [6.07, 6.45) is 3.65. The Bertz CT molecular complexity index is 980. The molecule has 3 amide bonds. The number of aromatic nitrogens is 1. The Labute approximate surface area is 162 Å². The van der Waals surface area contributed by atoms with Crippen molar-refractivity contribution >= 4 is 17.7 Å². The number of nitrogens with zero attached hydrogens (tertiary/aromatic N) is 2. The van der Waals surface area contributed by atoms with E-state index in [1.54, 1.807) is 4.90 Å². The maximum Gasteiger partial charge on any atom is 0.255 e. The predicted molar refractivity (Wildman–Crippen MR) is 101 cm³/mol. The Morgan fingerprint density at radius 2 is 1.93 bits per heavy atom. The van der Waals surface area contributed by atoms with E-state index in [2.05, 4.69) is 21.3 Å². The van der Waals surface area contributed by atoms with Crippen molar-refractivity contribution in [3.05, 3.63) is 58.4 Å². The predicted octanol–water partition coefficient (Wildman–Crippen LogP) is 1.33. The van der Waals surface area contributed by atoms with Gasteiger partial charge in [-0.2, -0.15) is 0 Å². The standard InChI is InChI=1S/C21H22N4O3/c26-18-5-4-17(20(27)23-18)25-11-15-3-1-2-14(19(15)21(25)28)10-24-9-7-13-6-8-22-16(13)12-24/h1-3,6,8,17,22H,4-5,7,9-12H2,(H,23,26,27). The molecule has 0 spiro atoms. The fourth-order valence-corrected chi connectivity index (χ4v) is 4.60. The van der Waals surface area contributed by atoms with E-state index in [-0.39, 0.29) is 24.1 Å². The van der Waals surface area contributed by atoms with E-state index in [9.17, 15) is 14.4 Å². The van der Waals surface area contributed by atoms with Gasteiger partial charge in [0.05, 0.1) is 0 Å². The number of carbonyl (C=O) groups is 3. The largest absolute Gasteiger partial charge is 0.364 e. The van der Waals surface area contributed by atoms with Crippen LogP contribution in [0.4, 0.5) is 0 Å². The van der Waals surface area contributed by atoms with Crippen molar-refractivity contribution in [3.8, 4) is 0 Å². The molecule has 7 nitrogen and oxygen atoms in total. The quantitative estimate of drug-likeness (QED) is 0.789. The van der Waals surface area contributed by atoms with Crippen LogP contribution in [0.2, 0.25) is 0 Å². The number of nitrogens with one attached hydrogen (secondary N) is 2. The van der Waals surface area contributed by atoms with Gasteiger partial charge >= 0.3 is 0 Å². The minimum absolute atomic E-state index is 0.0994. The molecule has 144 valence electrons. The number of fused-ring (bicyclic) bond motifs is 2. The highest BCUT2D eigenvalue weighted by molar-refractivity contribution is 6.05. The van der Waals surface area contributed by atoms with Crippen LogP contribution in [0.25, 0.3) is 0 Å². The van der Waals surface area contributed by atoms with Crippen LogP contribution < -0.4 is 5.32 Å². The van der Waals surface area contributed by atoms with Crippen LogP contribution in [0, 0.1) is 0 Å². The van der Waals surface area contributed by atoms with Gasteiger partial charge in [0.25, 0.3) is 5.91 Å². The van der Waals surface area contributed by atoms with Gasteiger partial charge in [0.1, 0.15) is 6.04 Å². The summed E-state index contributed by atoms with van der Waals surface area (Å²) in [6, 6.07) is 7.52. The van der Waals surface area contributed by atoms with Crippen molar-refractivity contribution in [2.24, 2.45) is 0 Å². The number of hydrogen-bond donors (Lipinski definition) is 2. The molecule has 0 aliphatic carbocycles. The minimum atomic E-state index is -0.568. The number of hydrogen-bond acceptors (Lipinski definition) is 4. The first-order valence-electron chi connectivity index (χ1n) is 9.73. The lowest BCUT2D eigenvalue weighted by atomic mass is 10.0. The van der Waals surface area contributed by atoms with Gasteiger partial charge < -0.3 is 9.88 Å². The Balaban J connectivity index is 1.37. The van der Waals surface area contributed by atoms with Crippen molar-refractivity contribution in [2.75, 3.05) is 6.54 Å². The molecule has 1 unspecified atom stereocenters. The molecule has 5 rings (SSSR count). The zero-order valence-electron chi connectivity index (χ0n) is 15.5. The first-order chi connectivity index (χ1) is 13.6. The second kappa shape index (κ2) is 6.60. The number of benzene rings is 1. The van der Waals surface area contributed by atoms with Crippen LogP contribution in [-0.2, 0) is 35.6 Å². The fourth-order valence-electron chi connectivity index (χ4n) is 4.60. The van der Waals surface area contributed by atoms with E-state index in [1.165, 1.54) is 11.3 Å².